The van der Waals surface area contributed by atoms with Crippen LogP contribution < -0.4 is 5.06 Å². The molecule has 0 spiro atoms. The van der Waals surface area contributed by atoms with Crippen LogP contribution in [0.25, 0.3) is 0 Å². The number of hydroxylamine groups is 2. The van der Waals surface area contributed by atoms with Crippen molar-refractivity contribution in [2.75, 3.05) is 0 Å². The highest BCUT2D eigenvalue weighted by Gasteiger charge is 2.45. The summed E-state index contributed by atoms with van der Waals surface area (Å²) >= 11 is 0. The highest BCUT2D eigenvalue weighted by atomic mass is 16.5. The summed E-state index contributed by atoms with van der Waals surface area (Å²) in [5.74, 6) is 0.600. The van der Waals surface area contributed by atoms with Crippen molar-refractivity contribution in [3.8, 4) is 0 Å². The van der Waals surface area contributed by atoms with Gasteiger partial charge in [-0.3, -0.25) is 5.06 Å². The summed E-state index contributed by atoms with van der Waals surface area (Å²) in [6.07, 6.45) is 3.69. The predicted molar refractivity (Wildman–Crippen MR) is 48.5 cm³/mol. The summed E-state index contributed by atoms with van der Waals surface area (Å²) in [5, 5.41) is 11.0. The van der Waals surface area contributed by atoms with Crippen LogP contribution in [0, 0.1) is 23.0 Å². The molecule has 0 bridgehead atoms. The maximum atomic E-state index is 11.6. The van der Waals surface area contributed by atoms with Gasteiger partial charge < -0.3 is 5.21 Å². The summed E-state index contributed by atoms with van der Waals surface area (Å²) in [6.45, 7) is 4.05. The van der Waals surface area contributed by atoms with Crippen LogP contribution in [0.1, 0.15) is 26.7 Å². The number of amides is 1. The SMILES string of the molecule is CC1=C[NH+]([O-])C(=O)C2C(C)CCC12. The normalized spacial score (nSPS) is 44.5. The fraction of sp³-hybridized carbons (Fsp3) is 0.700. The van der Waals surface area contributed by atoms with Crippen molar-refractivity contribution in [3.63, 3.8) is 0 Å². The van der Waals surface area contributed by atoms with Crippen molar-refractivity contribution >= 4 is 5.91 Å². The maximum Gasteiger partial charge on any atom is 0.320 e. The van der Waals surface area contributed by atoms with Crippen LogP contribution in [0.15, 0.2) is 11.8 Å². The van der Waals surface area contributed by atoms with Gasteiger partial charge in [-0.25, -0.2) is 4.79 Å². The zero-order chi connectivity index (χ0) is 9.59. The van der Waals surface area contributed by atoms with E-state index in [0.29, 0.717) is 11.8 Å². The van der Waals surface area contributed by atoms with Crippen LogP contribution >= 0.6 is 0 Å². The Kier molecular flexibility index (Phi) is 2.00. The van der Waals surface area contributed by atoms with Gasteiger partial charge in [-0.15, -0.1) is 0 Å². The Morgan fingerprint density at radius 1 is 1.54 bits per heavy atom. The second kappa shape index (κ2) is 2.93. The van der Waals surface area contributed by atoms with E-state index in [1.165, 1.54) is 6.20 Å². The zero-order valence-electron chi connectivity index (χ0n) is 8.04. The number of carbonyl (C=O) groups excluding carboxylic acids is 1. The monoisotopic (exact) mass is 181 g/mol. The number of allylic oxidation sites excluding steroid dienone is 1. The van der Waals surface area contributed by atoms with Gasteiger partial charge in [0.25, 0.3) is 0 Å². The van der Waals surface area contributed by atoms with E-state index in [9.17, 15) is 10.0 Å². The minimum atomic E-state index is -0.285. The summed E-state index contributed by atoms with van der Waals surface area (Å²) in [7, 11) is 0. The molecule has 3 nitrogen and oxygen atoms in total. The van der Waals surface area contributed by atoms with Gasteiger partial charge in [0.2, 0.25) is 0 Å². The molecular formula is C10H15NO2. The van der Waals surface area contributed by atoms with E-state index in [-0.39, 0.29) is 16.9 Å². The molecule has 1 N–H and O–H groups in total. The van der Waals surface area contributed by atoms with Gasteiger partial charge in [0.05, 0.1) is 5.92 Å². The number of rotatable bonds is 0. The Balaban J connectivity index is 2.34. The number of hydrogen-bond acceptors (Lipinski definition) is 2. The number of carbonyl (C=O) groups is 1. The van der Waals surface area contributed by atoms with E-state index in [1.54, 1.807) is 0 Å². The Morgan fingerprint density at radius 3 is 2.92 bits per heavy atom. The lowest BCUT2D eigenvalue weighted by molar-refractivity contribution is -0.710. The minimum absolute atomic E-state index is 0.00231. The first-order valence-electron chi connectivity index (χ1n) is 4.87. The molecule has 1 amide bonds. The number of hydrogen-bond donors (Lipinski definition) is 1. The third-order valence-corrected chi connectivity index (χ3v) is 3.47. The fourth-order valence-corrected chi connectivity index (χ4v) is 2.70. The van der Waals surface area contributed by atoms with Crippen molar-refractivity contribution in [1.29, 1.82) is 0 Å². The molecule has 2 aliphatic rings. The van der Waals surface area contributed by atoms with Gasteiger partial charge >= 0.3 is 5.91 Å². The Bertz CT molecular complexity index is 272. The van der Waals surface area contributed by atoms with E-state index in [4.69, 9.17) is 0 Å². The standard InChI is InChI=1S/C10H15NO2/c1-6-3-4-8-7(2)5-11(13)10(12)9(6)8/h5-6,8-9,11H,3-4H2,1-2H3. The van der Waals surface area contributed by atoms with Crippen LogP contribution in [0.4, 0.5) is 0 Å². The van der Waals surface area contributed by atoms with Crippen LogP contribution in [-0.2, 0) is 4.79 Å². The number of quaternary nitrogens is 1. The lowest BCUT2D eigenvalue weighted by atomic mass is 9.83. The highest BCUT2D eigenvalue weighted by molar-refractivity contribution is 5.73. The van der Waals surface area contributed by atoms with E-state index < -0.39 is 0 Å². The van der Waals surface area contributed by atoms with Crippen molar-refractivity contribution in [1.82, 2.24) is 0 Å². The maximum absolute atomic E-state index is 11.6. The molecule has 1 saturated carbocycles. The molecule has 4 atom stereocenters. The Hall–Kier alpha value is -0.670. The fourth-order valence-electron chi connectivity index (χ4n) is 2.70. The van der Waals surface area contributed by atoms with Crippen molar-refractivity contribution in [3.05, 3.63) is 17.0 Å². The van der Waals surface area contributed by atoms with Gasteiger partial charge in [-0.1, -0.05) is 6.92 Å². The van der Waals surface area contributed by atoms with Crippen LogP contribution in [-0.4, -0.2) is 5.91 Å². The minimum Gasteiger partial charge on any atom is -0.622 e. The van der Waals surface area contributed by atoms with Crippen LogP contribution in [0.5, 0.6) is 0 Å². The molecule has 0 radical (unpaired) electrons. The predicted octanol–water partition coefficient (Wildman–Crippen LogP) is 0.475. The first-order chi connectivity index (χ1) is 6.11. The first-order valence-corrected chi connectivity index (χ1v) is 4.87. The molecule has 0 aromatic rings. The third-order valence-electron chi connectivity index (χ3n) is 3.47. The third kappa shape index (κ3) is 1.23. The zero-order valence-corrected chi connectivity index (χ0v) is 8.04. The molecule has 2 rings (SSSR count). The molecule has 1 heterocycles. The Labute approximate surface area is 78.0 Å². The van der Waals surface area contributed by atoms with Gasteiger partial charge in [0.1, 0.15) is 6.20 Å². The van der Waals surface area contributed by atoms with Gasteiger partial charge in [-0.05, 0) is 31.3 Å². The lowest BCUT2D eigenvalue weighted by Crippen LogP contribution is -3.07. The highest BCUT2D eigenvalue weighted by Crippen LogP contribution is 2.41. The van der Waals surface area contributed by atoms with Gasteiger partial charge in [-0.2, -0.15) is 0 Å². The van der Waals surface area contributed by atoms with Crippen molar-refractivity contribution in [2.45, 2.75) is 26.7 Å². The van der Waals surface area contributed by atoms with E-state index >= 15 is 0 Å². The van der Waals surface area contributed by atoms with E-state index in [2.05, 4.69) is 6.92 Å². The van der Waals surface area contributed by atoms with Crippen molar-refractivity contribution in [2.24, 2.45) is 17.8 Å². The van der Waals surface area contributed by atoms with Gasteiger partial charge in [0.15, 0.2) is 0 Å². The first kappa shape index (κ1) is 8.91. The molecule has 1 aliphatic heterocycles. The largest absolute Gasteiger partial charge is 0.622 e. The molecule has 0 saturated heterocycles. The number of nitrogens with one attached hydrogen (secondary N) is 1. The van der Waals surface area contributed by atoms with Crippen LogP contribution in [0.3, 0.4) is 0 Å². The average Bonchev–Trinajstić information content (AvgIpc) is 2.44. The van der Waals surface area contributed by atoms with E-state index in [1.807, 2.05) is 6.92 Å². The summed E-state index contributed by atoms with van der Waals surface area (Å²) < 4.78 is 0. The Morgan fingerprint density at radius 2 is 2.23 bits per heavy atom. The van der Waals surface area contributed by atoms with Gasteiger partial charge in [0, 0.05) is 5.92 Å². The molecule has 1 fully saturated rings. The molecule has 0 aromatic carbocycles. The second-order valence-electron chi connectivity index (χ2n) is 4.30. The molecule has 0 aromatic heterocycles. The molecule has 1 aliphatic carbocycles. The summed E-state index contributed by atoms with van der Waals surface area (Å²) in [6, 6.07) is 0. The quantitative estimate of drug-likeness (QED) is 0.552. The summed E-state index contributed by atoms with van der Waals surface area (Å²) in [4.78, 5) is 11.6. The second-order valence-corrected chi connectivity index (χ2v) is 4.30. The van der Waals surface area contributed by atoms with Crippen LogP contribution in [0.2, 0.25) is 0 Å². The molecule has 13 heavy (non-hydrogen) atoms. The average molecular weight is 181 g/mol. The molecule has 3 heteroatoms. The van der Waals surface area contributed by atoms with E-state index in [0.717, 1.165) is 18.4 Å². The van der Waals surface area contributed by atoms with Crippen molar-refractivity contribution < 1.29 is 9.86 Å². The molecular weight excluding hydrogens is 166 g/mol. The molecule has 72 valence electrons. The topological polar surface area (TPSA) is 44.6 Å². The summed E-state index contributed by atoms with van der Waals surface area (Å²) in [5.41, 5.74) is 1.11. The number of fused-ring (bicyclic) bond motifs is 1. The molecule has 4 unspecified atom stereocenters. The smallest absolute Gasteiger partial charge is 0.320 e. The lowest BCUT2D eigenvalue weighted by Gasteiger charge is -2.30.